The number of hydrogen-bond acceptors (Lipinski definition) is 3. The van der Waals surface area contributed by atoms with Crippen LogP contribution in [0.5, 0.6) is 5.88 Å². The highest BCUT2D eigenvalue weighted by Gasteiger charge is 2.29. The maximum absolute atomic E-state index is 12.3. The van der Waals surface area contributed by atoms with E-state index in [1.165, 1.54) is 6.20 Å². The van der Waals surface area contributed by atoms with Crippen molar-refractivity contribution in [3.8, 4) is 5.88 Å². The summed E-state index contributed by atoms with van der Waals surface area (Å²) in [7, 11) is 1.63. The highest BCUT2D eigenvalue weighted by atomic mass is 19.4. The molecule has 0 bridgehead atoms. The lowest BCUT2D eigenvalue weighted by Gasteiger charge is -2.21. The Balaban J connectivity index is 2.66. The van der Waals surface area contributed by atoms with Crippen LogP contribution >= 0.6 is 0 Å². The number of rotatable bonds is 6. The molecule has 0 aliphatic carbocycles. The van der Waals surface area contributed by atoms with E-state index in [0.717, 1.165) is 0 Å². The third kappa shape index (κ3) is 7.21. The van der Waals surface area contributed by atoms with E-state index < -0.39 is 12.8 Å². The molecule has 5 nitrogen and oxygen atoms in total. The molecule has 0 aliphatic rings. The van der Waals surface area contributed by atoms with Gasteiger partial charge in [0, 0.05) is 31.4 Å². The number of pyridine rings is 1. The molecule has 0 fully saturated rings. The van der Waals surface area contributed by atoms with E-state index in [2.05, 4.69) is 34.5 Å². The first-order valence-corrected chi connectivity index (χ1v) is 7.33. The van der Waals surface area contributed by atoms with Crippen molar-refractivity contribution in [3.05, 3.63) is 23.9 Å². The number of aromatic nitrogens is 1. The van der Waals surface area contributed by atoms with Gasteiger partial charge in [0.05, 0.1) is 0 Å². The van der Waals surface area contributed by atoms with E-state index in [-0.39, 0.29) is 18.5 Å². The Morgan fingerprint density at radius 3 is 2.61 bits per heavy atom. The van der Waals surface area contributed by atoms with Crippen LogP contribution in [0.1, 0.15) is 26.3 Å². The van der Waals surface area contributed by atoms with Gasteiger partial charge in [-0.25, -0.2) is 4.98 Å². The quantitative estimate of drug-likeness (QED) is 0.621. The number of nitrogens with zero attached hydrogens (tertiary/aromatic N) is 2. The molecule has 1 aromatic heterocycles. The van der Waals surface area contributed by atoms with Gasteiger partial charge in [-0.3, -0.25) is 4.99 Å². The SMILES string of the molecule is CN=C(NCc1cccnc1OCC(F)(F)F)NC(C)C(C)C. The first-order valence-electron chi connectivity index (χ1n) is 7.33. The molecular formula is C15H23F3N4O. The summed E-state index contributed by atoms with van der Waals surface area (Å²) in [4.78, 5) is 7.95. The summed E-state index contributed by atoms with van der Waals surface area (Å²) in [6.07, 6.45) is -3.00. The van der Waals surface area contributed by atoms with E-state index in [1.54, 1.807) is 19.2 Å². The third-order valence-electron chi connectivity index (χ3n) is 3.26. The van der Waals surface area contributed by atoms with E-state index >= 15 is 0 Å². The summed E-state index contributed by atoms with van der Waals surface area (Å²) < 4.78 is 41.5. The molecule has 0 radical (unpaired) electrons. The van der Waals surface area contributed by atoms with Crippen LogP contribution in [0.2, 0.25) is 0 Å². The molecular weight excluding hydrogens is 309 g/mol. The van der Waals surface area contributed by atoms with Crippen molar-refractivity contribution < 1.29 is 17.9 Å². The lowest BCUT2D eigenvalue weighted by atomic mass is 10.1. The number of hydrogen-bond donors (Lipinski definition) is 2. The van der Waals surface area contributed by atoms with E-state index in [9.17, 15) is 13.2 Å². The molecule has 1 aromatic rings. The van der Waals surface area contributed by atoms with Crippen LogP contribution < -0.4 is 15.4 Å². The number of ether oxygens (including phenoxy) is 1. The van der Waals surface area contributed by atoms with Gasteiger partial charge in [-0.05, 0) is 18.9 Å². The minimum atomic E-state index is -4.40. The second-order valence-electron chi connectivity index (χ2n) is 5.47. The van der Waals surface area contributed by atoms with E-state index in [0.29, 0.717) is 17.4 Å². The zero-order valence-electron chi connectivity index (χ0n) is 13.7. The Morgan fingerprint density at radius 1 is 1.35 bits per heavy atom. The summed E-state index contributed by atoms with van der Waals surface area (Å²) in [5.74, 6) is 0.944. The van der Waals surface area contributed by atoms with Crippen molar-refractivity contribution in [2.24, 2.45) is 10.9 Å². The van der Waals surface area contributed by atoms with Crippen LogP contribution in [0.25, 0.3) is 0 Å². The van der Waals surface area contributed by atoms with Crippen molar-refractivity contribution >= 4 is 5.96 Å². The van der Waals surface area contributed by atoms with Gasteiger partial charge in [-0.1, -0.05) is 19.9 Å². The Hall–Kier alpha value is -1.99. The van der Waals surface area contributed by atoms with Crippen LogP contribution in [0.3, 0.4) is 0 Å². The number of nitrogens with one attached hydrogen (secondary N) is 2. The molecule has 130 valence electrons. The maximum atomic E-state index is 12.3. The molecule has 8 heteroatoms. The van der Waals surface area contributed by atoms with Gasteiger partial charge < -0.3 is 15.4 Å². The smallest absolute Gasteiger partial charge is 0.422 e. The van der Waals surface area contributed by atoms with Crippen molar-refractivity contribution in [3.63, 3.8) is 0 Å². The van der Waals surface area contributed by atoms with Gasteiger partial charge in [-0.2, -0.15) is 13.2 Å². The monoisotopic (exact) mass is 332 g/mol. The Labute approximate surface area is 134 Å². The topological polar surface area (TPSA) is 58.5 Å². The van der Waals surface area contributed by atoms with Crippen molar-refractivity contribution in [2.75, 3.05) is 13.7 Å². The second-order valence-corrected chi connectivity index (χ2v) is 5.47. The van der Waals surface area contributed by atoms with Gasteiger partial charge in [0.1, 0.15) is 0 Å². The van der Waals surface area contributed by atoms with Crippen molar-refractivity contribution in [2.45, 2.75) is 39.5 Å². The largest absolute Gasteiger partial charge is 0.468 e. The first kappa shape index (κ1) is 19.1. The highest BCUT2D eigenvalue weighted by Crippen LogP contribution is 2.19. The minimum Gasteiger partial charge on any atom is -0.468 e. The van der Waals surface area contributed by atoms with Gasteiger partial charge in [-0.15, -0.1) is 0 Å². The summed E-state index contributed by atoms with van der Waals surface area (Å²) in [5.41, 5.74) is 0.525. The number of aliphatic imine (C=N–C) groups is 1. The Bertz CT molecular complexity index is 518. The van der Waals surface area contributed by atoms with Crippen molar-refractivity contribution in [1.82, 2.24) is 15.6 Å². The molecule has 0 aliphatic heterocycles. The van der Waals surface area contributed by atoms with Crippen LogP contribution in [0.15, 0.2) is 23.3 Å². The summed E-state index contributed by atoms with van der Waals surface area (Å²) in [6.45, 7) is 5.07. The van der Waals surface area contributed by atoms with Gasteiger partial charge >= 0.3 is 6.18 Å². The lowest BCUT2D eigenvalue weighted by molar-refractivity contribution is -0.154. The molecule has 1 heterocycles. The van der Waals surface area contributed by atoms with Crippen molar-refractivity contribution in [1.29, 1.82) is 0 Å². The third-order valence-corrected chi connectivity index (χ3v) is 3.26. The lowest BCUT2D eigenvalue weighted by Crippen LogP contribution is -2.43. The molecule has 23 heavy (non-hydrogen) atoms. The molecule has 0 aromatic carbocycles. The molecule has 1 atom stereocenters. The number of alkyl halides is 3. The fourth-order valence-electron chi connectivity index (χ4n) is 1.59. The fraction of sp³-hybridized carbons (Fsp3) is 0.600. The summed E-state index contributed by atoms with van der Waals surface area (Å²) in [6, 6.07) is 3.51. The average Bonchev–Trinajstić information content (AvgIpc) is 2.49. The zero-order chi connectivity index (χ0) is 17.5. The first-order chi connectivity index (χ1) is 10.7. The standard InChI is InChI=1S/C15H23F3N4O/c1-10(2)11(3)22-14(19-4)21-8-12-6-5-7-20-13(12)23-9-15(16,17)18/h5-7,10-11H,8-9H2,1-4H3,(H2,19,21,22). The Kier molecular flexibility index (Phi) is 7.12. The number of halogens is 3. The molecule has 1 rings (SSSR count). The fourth-order valence-corrected chi connectivity index (χ4v) is 1.59. The van der Waals surface area contributed by atoms with E-state index in [1.807, 2.05) is 6.92 Å². The molecule has 0 spiro atoms. The zero-order valence-corrected chi connectivity index (χ0v) is 13.7. The second kappa shape index (κ2) is 8.59. The predicted octanol–water partition coefficient (Wildman–Crippen LogP) is 2.73. The minimum absolute atomic E-state index is 0.0373. The summed E-state index contributed by atoms with van der Waals surface area (Å²) >= 11 is 0. The molecule has 0 saturated heterocycles. The molecule has 1 unspecified atom stereocenters. The van der Waals surface area contributed by atoms with Crippen LogP contribution in [0, 0.1) is 5.92 Å². The van der Waals surface area contributed by atoms with Crippen LogP contribution in [-0.4, -0.2) is 36.8 Å². The maximum Gasteiger partial charge on any atom is 0.422 e. The molecule has 0 saturated carbocycles. The number of guanidine groups is 1. The average molecular weight is 332 g/mol. The molecule has 0 amide bonds. The van der Waals surface area contributed by atoms with Gasteiger partial charge in [0.2, 0.25) is 5.88 Å². The molecule has 2 N–H and O–H groups in total. The predicted molar refractivity (Wildman–Crippen MR) is 83.4 cm³/mol. The normalized spacial score (nSPS) is 13.8. The van der Waals surface area contributed by atoms with Crippen LogP contribution in [-0.2, 0) is 6.54 Å². The van der Waals surface area contributed by atoms with Gasteiger partial charge in [0.15, 0.2) is 12.6 Å². The Morgan fingerprint density at radius 2 is 2.04 bits per heavy atom. The van der Waals surface area contributed by atoms with Crippen LogP contribution in [0.4, 0.5) is 13.2 Å². The van der Waals surface area contributed by atoms with Gasteiger partial charge in [0.25, 0.3) is 0 Å². The highest BCUT2D eigenvalue weighted by molar-refractivity contribution is 5.79. The summed E-state index contributed by atoms with van der Waals surface area (Å²) in [5, 5.41) is 6.26. The van der Waals surface area contributed by atoms with E-state index in [4.69, 9.17) is 4.74 Å².